The first-order chi connectivity index (χ1) is 8.75. The molecule has 94 valence electrons. The number of aromatic nitrogens is 1. The highest BCUT2D eigenvalue weighted by atomic mass is 32.2. The number of aryl methyl sites for hydroxylation is 1. The van der Waals surface area contributed by atoms with Crippen molar-refractivity contribution in [1.29, 1.82) is 0 Å². The van der Waals surface area contributed by atoms with E-state index in [9.17, 15) is 0 Å². The van der Waals surface area contributed by atoms with Crippen molar-refractivity contribution in [3.8, 4) is 0 Å². The minimum absolute atomic E-state index is 0.178. The van der Waals surface area contributed by atoms with Gasteiger partial charge in [-0.15, -0.1) is 11.8 Å². The van der Waals surface area contributed by atoms with Crippen LogP contribution in [0.25, 0.3) is 0 Å². The molecule has 2 nitrogen and oxygen atoms in total. The molecule has 1 heterocycles. The van der Waals surface area contributed by atoms with Crippen LogP contribution in [0.3, 0.4) is 0 Å². The standard InChI is InChI=1S/C15H18N2S/c1-12-4-2-3-5-15(12)18-11-14(16)10-13-6-8-17-9-7-13/h2-9,14H,10-11,16H2,1H3. The van der Waals surface area contributed by atoms with Gasteiger partial charge >= 0.3 is 0 Å². The highest BCUT2D eigenvalue weighted by Crippen LogP contribution is 2.22. The van der Waals surface area contributed by atoms with Gasteiger partial charge in [-0.1, -0.05) is 18.2 Å². The Morgan fingerprint density at radius 3 is 2.61 bits per heavy atom. The van der Waals surface area contributed by atoms with Gasteiger partial charge in [0.2, 0.25) is 0 Å². The average Bonchev–Trinajstić information content (AvgIpc) is 2.39. The molecular formula is C15H18N2S. The number of hydrogen-bond acceptors (Lipinski definition) is 3. The van der Waals surface area contributed by atoms with Crippen LogP contribution in [0.4, 0.5) is 0 Å². The van der Waals surface area contributed by atoms with Crippen LogP contribution in [0.15, 0.2) is 53.7 Å². The zero-order valence-electron chi connectivity index (χ0n) is 10.5. The van der Waals surface area contributed by atoms with Crippen molar-refractivity contribution in [2.75, 3.05) is 5.75 Å². The van der Waals surface area contributed by atoms with Crippen LogP contribution in [0, 0.1) is 6.92 Å². The normalized spacial score (nSPS) is 12.3. The van der Waals surface area contributed by atoms with E-state index in [4.69, 9.17) is 5.73 Å². The van der Waals surface area contributed by atoms with Crippen molar-refractivity contribution in [2.24, 2.45) is 5.73 Å². The van der Waals surface area contributed by atoms with Gasteiger partial charge < -0.3 is 5.73 Å². The molecule has 0 saturated heterocycles. The van der Waals surface area contributed by atoms with Gasteiger partial charge in [-0.05, 0) is 42.7 Å². The lowest BCUT2D eigenvalue weighted by molar-refractivity contribution is 0.747. The number of benzene rings is 1. The number of nitrogens with zero attached hydrogens (tertiary/aromatic N) is 1. The molecule has 2 rings (SSSR count). The van der Waals surface area contributed by atoms with Crippen molar-refractivity contribution in [3.05, 3.63) is 59.9 Å². The Morgan fingerprint density at radius 1 is 1.17 bits per heavy atom. The summed E-state index contributed by atoms with van der Waals surface area (Å²) in [5.74, 6) is 0.938. The van der Waals surface area contributed by atoms with Gasteiger partial charge in [-0.2, -0.15) is 0 Å². The molecular weight excluding hydrogens is 240 g/mol. The highest BCUT2D eigenvalue weighted by molar-refractivity contribution is 7.99. The zero-order chi connectivity index (χ0) is 12.8. The minimum atomic E-state index is 0.178. The summed E-state index contributed by atoms with van der Waals surface area (Å²) in [5.41, 5.74) is 8.73. The van der Waals surface area contributed by atoms with E-state index >= 15 is 0 Å². The SMILES string of the molecule is Cc1ccccc1SCC(N)Cc1ccncc1. The predicted octanol–water partition coefficient (Wildman–Crippen LogP) is 3.05. The van der Waals surface area contributed by atoms with E-state index in [0.717, 1.165) is 12.2 Å². The summed E-state index contributed by atoms with van der Waals surface area (Å²) in [6.45, 7) is 2.14. The van der Waals surface area contributed by atoms with E-state index in [1.807, 2.05) is 36.3 Å². The minimum Gasteiger partial charge on any atom is -0.327 e. The number of nitrogens with two attached hydrogens (primary N) is 1. The van der Waals surface area contributed by atoms with Gasteiger partial charge in [-0.3, -0.25) is 4.98 Å². The van der Waals surface area contributed by atoms with E-state index in [2.05, 4.69) is 36.2 Å². The summed E-state index contributed by atoms with van der Waals surface area (Å²) in [4.78, 5) is 5.33. The lowest BCUT2D eigenvalue weighted by Crippen LogP contribution is -2.25. The maximum absolute atomic E-state index is 6.16. The first kappa shape index (κ1) is 13.1. The quantitative estimate of drug-likeness (QED) is 0.838. The Kier molecular flexibility index (Phi) is 4.79. The van der Waals surface area contributed by atoms with Crippen LogP contribution < -0.4 is 5.73 Å². The van der Waals surface area contributed by atoms with Crippen LogP contribution in [0.5, 0.6) is 0 Å². The highest BCUT2D eigenvalue weighted by Gasteiger charge is 2.06. The molecule has 0 fully saturated rings. The fourth-order valence-electron chi connectivity index (χ4n) is 1.80. The Hall–Kier alpha value is -1.32. The monoisotopic (exact) mass is 258 g/mol. The number of hydrogen-bond donors (Lipinski definition) is 1. The van der Waals surface area contributed by atoms with E-state index in [1.54, 1.807) is 0 Å². The molecule has 3 heteroatoms. The molecule has 1 aromatic heterocycles. The second-order valence-electron chi connectivity index (χ2n) is 4.40. The lowest BCUT2D eigenvalue weighted by atomic mass is 10.1. The molecule has 0 saturated carbocycles. The van der Waals surface area contributed by atoms with E-state index in [1.165, 1.54) is 16.0 Å². The van der Waals surface area contributed by atoms with Gasteiger partial charge in [0, 0.05) is 29.1 Å². The zero-order valence-corrected chi connectivity index (χ0v) is 11.4. The van der Waals surface area contributed by atoms with E-state index in [-0.39, 0.29) is 6.04 Å². The van der Waals surface area contributed by atoms with E-state index in [0.29, 0.717) is 0 Å². The van der Waals surface area contributed by atoms with Crippen LogP contribution in [-0.2, 0) is 6.42 Å². The molecule has 1 atom stereocenters. The molecule has 0 aliphatic rings. The summed E-state index contributed by atoms with van der Waals surface area (Å²) in [5, 5.41) is 0. The first-order valence-corrected chi connectivity index (χ1v) is 7.07. The smallest absolute Gasteiger partial charge is 0.0270 e. The molecule has 0 radical (unpaired) electrons. The average molecular weight is 258 g/mol. The second-order valence-corrected chi connectivity index (χ2v) is 5.46. The van der Waals surface area contributed by atoms with Crippen LogP contribution in [0.1, 0.15) is 11.1 Å². The topological polar surface area (TPSA) is 38.9 Å². The largest absolute Gasteiger partial charge is 0.327 e. The molecule has 2 N–H and O–H groups in total. The van der Waals surface area contributed by atoms with Gasteiger partial charge in [0.25, 0.3) is 0 Å². The molecule has 0 aliphatic heterocycles. The maximum atomic E-state index is 6.16. The van der Waals surface area contributed by atoms with Crippen LogP contribution >= 0.6 is 11.8 Å². The third-order valence-corrected chi connectivity index (χ3v) is 4.16. The predicted molar refractivity (Wildman–Crippen MR) is 77.8 cm³/mol. The van der Waals surface area contributed by atoms with Gasteiger partial charge in [0.05, 0.1) is 0 Å². The van der Waals surface area contributed by atoms with Gasteiger partial charge in [0.15, 0.2) is 0 Å². The molecule has 1 unspecified atom stereocenters. The summed E-state index contributed by atoms with van der Waals surface area (Å²) < 4.78 is 0. The summed E-state index contributed by atoms with van der Waals surface area (Å²) >= 11 is 1.83. The summed E-state index contributed by atoms with van der Waals surface area (Å²) in [7, 11) is 0. The van der Waals surface area contributed by atoms with Crippen molar-refractivity contribution >= 4 is 11.8 Å². The van der Waals surface area contributed by atoms with Crippen molar-refractivity contribution in [1.82, 2.24) is 4.98 Å². The van der Waals surface area contributed by atoms with Crippen molar-refractivity contribution in [2.45, 2.75) is 24.3 Å². The number of thioether (sulfide) groups is 1. The third kappa shape index (κ3) is 3.86. The molecule has 0 amide bonds. The summed E-state index contributed by atoms with van der Waals surface area (Å²) in [6, 6.07) is 12.7. The third-order valence-electron chi connectivity index (χ3n) is 2.79. The summed E-state index contributed by atoms with van der Waals surface area (Å²) in [6.07, 6.45) is 4.54. The molecule has 0 bridgehead atoms. The molecule has 18 heavy (non-hydrogen) atoms. The number of rotatable bonds is 5. The molecule has 1 aromatic carbocycles. The maximum Gasteiger partial charge on any atom is 0.0270 e. The first-order valence-electron chi connectivity index (χ1n) is 6.08. The molecule has 2 aromatic rings. The van der Waals surface area contributed by atoms with Crippen LogP contribution in [0.2, 0.25) is 0 Å². The van der Waals surface area contributed by atoms with Crippen LogP contribution in [-0.4, -0.2) is 16.8 Å². The second kappa shape index (κ2) is 6.57. The van der Waals surface area contributed by atoms with Crippen molar-refractivity contribution in [3.63, 3.8) is 0 Å². The number of pyridine rings is 1. The molecule has 0 aliphatic carbocycles. The fourth-order valence-corrected chi connectivity index (χ4v) is 2.78. The fraction of sp³-hybridized carbons (Fsp3) is 0.267. The Bertz CT molecular complexity index is 485. The molecule has 0 spiro atoms. The Morgan fingerprint density at radius 2 is 1.89 bits per heavy atom. The Balaban J connectivity index is 1.86. The van der Waals surface area contributed by atoms with Crippen molar-refractivity contribution < 1.29 is 0 Å². The van der Waals surface area contributed by atoms with Gasteiger partial charge in [0.1, 0.15) is 0 Å². The Labute approximate surface area is 113 Å². The van der Waals surface area contributed by atoms with Gasteiger partial charge in [-0.25, -0.2) is 0 Å². The lowest BCUT2D eigenvalue weighted by Gasteiger charge is -2.12. The van der Waals surface area contributed by atoms with E-state index < -0.39 is 0 Å².